The topological polar surface area (TPSA) is 70.1 Å². The van der Waals surface area contributed by atoms with Gasteiger partial charge in [-0.3, -0.25) is 4.68 Å². The van der Waals surface area contributed by atoms with Crippen LogP contribution in [0.5, 0.6) is 0 Å². The number of methoxy groups -OCH3 is 1. The maximum absolute atomic E-state index is 11.3. The van der Waals surface area contributed by atoms with E-state index in [4.69, 9.17) is 5.73 Å². The summed E-state index contributed by atoms with van der Waals surface area (Å²) in [7, 11) is 1.34. The third kappa shape index (κ3) is 1.63. The number of carbonyl (C=O) groups excluding carboxylic acids is 1. The number of aromatic nitrogens is 2. The average Bonchev–Trinajstić information content (AvgIpc) is 2.50. The lowest BCUT2D eigenvalue weighted by molar-refractivity contribution is -0.150. The van der Waals surface area contributed by atoms with Crippen molar-refractivity contribution in [2.24, 2.45) is 0 Å². The van der Waals surface area contributed by atoms with Gasteiger partial charge in [-0.05, 0) is 19.9 Å². The quantitative estimate of drug-likeness (QED) is 0.672. The van der Waals surface area contributed by atoms with Gasteiger partial charge in [0.2, 0.25) is 0 Å². The van der Waals surface area contributed by atoms with Gasteiger partial charge in [0.25, 0.3) is 0 Å². The summed E-state index contributed by atoms with van der Waals surface area (Å²) < 4.78 is 6.12. The van der Waals surface area contributed by atoms with Crippen LogP contribution in [-0.4, -0.2) is 22.9 Å². The van der Waals surface area contributed by atoms with Gasteiger partial charge in [-0.2, -0.15) is 5.10 Å². The summed E-state index contributed by atoms with van der Waals surface area (Å²) in [5, 5.41) is 3.94. The van der Waals surface area contributed by atoms with E-state index in [1.807, 2.05) is 0 Å². The van der Waals surface area contributed by atoms with E-state index in [9.17, 15) is 4.79 Å². The predicted octanol–water partition coefficient (Wildman–Crippen LogP) is 0.373. The molecule has 0 aliphatic carbocycles. The Morgan fingerprint density at radius 3 is 2.69 bits per heavy atom. The van der Waals surface area contributed by atoms with Crippen LogP contribution in [0.4, 0.5) is 5.82 Å². The summed E-state index contributed by atoms with van der Waals surface area (Å²) in [6.07, 6.45) is 1.65. The van der Waals surface area contributed by atoms with Crippen LogP contribution < -0.4 is 5.73 Å². The number of nitrogens with zero attached hydrogens (tertiary/aromatic N) is 2. The van der Waals surface area contributed by atoms with Crippen molar-refractivity contribution >= 4 is 11.8 Å². The van der Waals surface area contributed by atoms with Crippen molar-refractivity contribution in [3.05, 3.63) is 12.3 Å². The largest absolute Gasteiger partial charge is 0.467 e. The fraction of sp³-hybridized carbons (Fsp3) is 0.500. The zero-order valence-corrected chi connectivity index (χ0v) is 7.94. The molecule has 0 saturated carbocycles. The summed E-state index contributed by atoms with van der Waals surface area (Å²) in [4.78, 5) is 11.3. The van der Waals surface area contributed by atoms with Gasteiger partial charge in [0, 0.05) is 6.20 Å². The molecule has 0 aliphatic rings. The number of nitrogen functional groups attached to an aromatic ring is 1. The number of ether oxygens (including phenoxy) is 1. The molecule has 0 amide bonds. The Morgan fingerprint density at radius 2 is 2.31 bits per heavy atom. The molecule has 13 heavy (non-hydrogen) atoms. The highest BCUT2D eigenvalue weighted by molar-refractivity contribution is 5.77. The van der Waals surface area contributed by atoms with Crippen LogP contribution >= 0.6 is 0 Å². The third-order valence-corrected chi connectivity index (χ3v) is 1.87. The van der Waals surface area contributed by atoms with Gasteiger partial charge in [0.15, 0.2) is 5.54 Å². The Labute approximate surface area is 76.5 Å². The molecule has 0 saturated heterocycles. The highest BCUT2D eigenvalue weighted by Crippen LogP contribution is 2.16. The summed E-state index contributed by atoms with van der Waals surface area (Å²) in [5.41, 5.74) is 4.62. The second-order valence-electron chi connectivity index (χ2n) is 3.24. The minimum Gasteiger partial charge on any atom is -0.467 e. The maximum Gasteiger partial charge on any atom is 0.333 e. The molecule has 0 radical (unpaired) electrons. The number of hydrogen-bond donors (Lipinski definition) is 1. The van der Waals surface area contributed by atoms with Crippen molar-refractivity contribution in [3.8, 4) is 0 Å². The fourth-order valence-electron chi connectivity index (χ4n) is 0.993. The molecule has 1 aromatic rings. The Bertz CT molecular complexity index is 317. The maximum atomic E-state index is 11.3. The smallest absolute Gasteiger partial charge is 0.333 e. The molecule has 1 heterocycles. The molecule has 0 unspecified atom stereocenters. The molecule has 0 aliphatic heterocycles. The van der Waals surface area contributed by atoms with E-state index in [0.29, 0.717) is 5.82 Å². The third-order valence-electron chi connectivity index (χ3n) is 1.87. The van der Waals surface area contributed by atoms with Gasteiger partial charge >= 0.3 is 5.97 Å². The van der Waals surface area contributed by atoms with Crippen molar-refractivity contribution < 1.29 is 9.53 Å². The Balaban J connectivity index is 2.99. The lowest BCUT2D eigenvalue weighted by Gasteiger charge is -2.21. The average molecular weight is 183 g/mol. The first-order valence-electron chi connectivity index (χ1n) is 3.88. The number of esters is 1. The van der Waals surface area contributed by atoms with Gasteiger partial charge in [0.1, 0.15) is 5.82 Å². The monoisotopic (exact) mass is 183 g/mol. The lowest BCUT2D eigenvalue weighted by atomic mass is 10.1. The van der Waals surface area contributed by atoms with E-state index < -0.39 is 5.54 Å². The molecule has 0 atom stereocenters. The van der Waals surface area contributed by atoms with Crippen LogP contribution in [0.25, 0.3) is 0 Å². The van der Waals surface area contributed by atoms with Crippen LogP contribution in [0, 0.1) is 0 Å². The van der Waals surface area contributed by atoms with Crippen LogP contribution in [0.1, 0.15) is 13.8 Å². The van der Waals surface area contributed by atoms with Gasteiger partial charge in [-0.1, -0.05) is 0 Å². The van der Waals surface area contributed by atoms with Gasteiger partial charge in [-0.25, -0.2) is 4.79 Å². The van der Waals surface area contributed by atoms with Crippen LogP contribution in [0.3, 0.4) is 0 Å². The normalized spacial score (nSPS) is 11.3. The van der Waals surface area contributed by atoms with Crippen molar-refractivity contribution in [1.29, 1.82) is 0 Å². The van der Waals surface area contributed by atoms with Crippen molar-refractivity contribution in [1.82, 2.24) is 9.78 Å². The lowest BCUT2D eigenvalue weighted by Crippen LogP contribution is -2.37. The summed E-state index contributed by atoms with van der Waals surface area (Å²) in [6.45, 7) is 3.43. The second-order valence-corrected chi connectivity index (χ2v) is 3.24. The second kappa shape index (κ2) is 3.08. The zero-order valence-electron chi connectivity index (χ0n) is 7.94. The Morgan fingerprint density at radius 1 is 1.69 bits per heavy atom. The molecule has 0 aromatic carbocycles. The number of anilines is 1. The minimum atomic E-state index is -0.813. The first-order chi connectivity index (χ1) is 5.98. The standard InChI is InChI=1S/C8H13N3O2/c1-8(2,7(12)13-3)11-5-4-6(9)10-11/h4-5H,1-3H3,(H2,9,10). The van der Waals surface area contributed by atoms with Crippen LogP contribution in [0.15, 0.2) is 12.3 Å². The van der Waals surface area contributed by atoms with Crippen molar-refractivity contribution in [2.75, 3.05) is 12.8 Å². The summed E-state index contributed by atoms with van der Waals surface area (Å²) in [5.74, 6) is 0.0348. The van der Waals surface area contributed by atoms with E-state index in [2.05, 4.69) is 9.84 Å². The molecule has 1 aromatic heterocycles. The molecule has 5 heteroatoms. The highest BCUT2D eigenvalue weighted by atomic mass is 16.5. The predicted molar refractivity (Wildman–Crippen MR) is 48.0 cm³/mol. The molecule has 0 spiro atoms. The SMILES string of the molecule is COC(=O)C(C)(C)n1ccc(N)n1. The number of rotatable bonds is 2. The molecule has 0 fully saturated rings. The van der Waals surface area contributed by atoms with E-state index in [1.54, 1.807) is 26.1 Å². The molecular weight excluding hydrogens is 170 g/mol. The molecule has 2 N–H and O–H groups in total. The van der Waals surface area contributed by atoms with Gasteiger partial charge in [-0.15, -0.1) is 0 Å². The van der Waals surface area contributed by atoms with E-state index in [1.165, 1.54) is 11.8 Å². The minimum absolute atomic E-state index is 0.351. The summed E-state index contributed by atoms with van der Waals surface area (Å²) >= 11 is 0. The van der Waals surface area contributed by atoms with Gasteiger partial charge < -0.3 is 10.5 Å². The Kier molecular flexibility index (Phi) is 2.27. The number of hydrogen-bond acceptors (Lipinski definition) is 4. The summed E-state index contributed by atoms with van der Waals surface area (Å²) in [6, 6.07) is 1.63. The fourth-order valence-corrected chi connectivity index (χ4v) is 0.993. The van der Waals surface area contributed by atoms with Gasteiger partial charge in [0.05, 0.1) is 7.11 Å². The molecular formula is C8H13N3O2. The highest BCUT2D eigenvalue weighted by Gasteiger charge is 2.31. The van der Waals surface area contributed by atoms with Crippen molar-refractivity contribution in [3.63, 3.8) is 0 Å². The first kappa shape index (κ1) is 9.57. The Hall–Kier alpha value is -1.52. The number of nitrogens with two attached hydrogens (primary N) is 1. The van der Waals surface area contributed by atoms with E-state index in [-0.39, 0.29) is 5.97 Å². The molecule has 72 valence electrons. The molecule has 5 nitrogen and oxygen atoms in total. The molecule has 1 rings (SSSR count). The first-order valence-corrected chi connectivity index (χ1v) is 3.88. The molecule has 0 bridgehead atoms. The van der Waals surface area contributed by atoms with E-state index in [0.717, 1.165) is 0 Å². The number of carbonyl (C=O) groups is 1. The van der Waals surface area contributed by atoms with Crippen LogP contribution in [-0.2, 0) is 15.1 Å². The van der Waals surface area contributed by atoms with Crippen molar-refractivity contribution in [2.45, 2.75) is 19.4 Å². The van der Waals surface area contributed by atoms with E-state index >= 15 is 0 Å². The zero-order chi connectivity index (χ0) is 10.1. The van der Waals surface area contributed by atoms with Crippen LogP contribution in [0.2, 0.25) is 0 Å².